The molecule has 0 amide bonds. The lowest BCUT2D eigenvalue weighted by molar-refractivity contribution is 0.0990. The first-order valence-corrected chi connectivity index (χ1v) is 6.86. The van der Waals surface area contributed by atoms with E-state index in [1.54, 1.807) is 32.4 Å². The summed E-state index contributed by atoms with van der Waals surface area (Å²) in [6, 6.07) is 11.4. The van der Waals surface area contributed by atoms with Gasteiger partial charge in [-0.15, -0.1) is 0 Å². The Morgan fingerprint density at radius 1 is 0.952 bits per heavy atom. The monoisotopic (exact) mass is 284 g/mol. The van der Waals surface area contributed by atoms with Crippen LogP contribution in [0.2, 0.25) is 0 Å². The summed E-state index contributed by atoms with van der Waals surface area (Å²) in [7, 11) is 3.15. The van der Waals surface area contributed by atoms with Gasteiger partial charge < -0.3 is 9.47 Å². The van der Waals surface area contributed by atoms with Crippen LogP contribution in [0.5, 0.6) is 11.5 Å². The molecular formula is C18H20O3. The Labute approximate surface area is 125 Å². The zero-order valence-corrected chi connectivity index (χ0v) is 12.9. The average molecular weight is 284 g/mol. The van der Waals surface area contributed by atoms with Crippen LogP contribution in [0, 0.1) is 13.8 Å². The first-order valence-electron chi connectivity index (χ1n) is 6.86. The third-order valence-corrected chi connectivity index (χ3v) is 3.65. The smallest absolute Gasteiger partial charge is 0.170 e. The minimum Gasteiger partial charge on any atom is -0.497 e. The van der Waals surface area contributed by atoms with Gasteiger partial charge in [0.2, 0.25) is 0 Å². The summed E-state index contributed by atoms with van der Waals surface area (Å²) < 4.78 is 10.4. The molecule has 0 atom stereocenters. The number of carbonyl (C=O) groups excluding carboxylic acids is 1. The van der Waals surface area contributed by atoms with Gasteiger partial charge in [0, 0.05) is 12.5 Å². The zero-order chi connectivity index (χ0) is 15.4. The molecule has 2 aromatic carbocycles. The summed E-state index contributed by atoms with van der Waals surface area (Å²) in [5, 5.41) is 0. The van der Waals surface area contributed by atoms with Crippen LogP contribution >= 0.6 is 0 Å². The average Bonchev–Trinajstić information content (AvgIpc) is 2.50. The molecule has 3 heteroatoms. The number of Topliss-reactive ketones (excluding diaryl/α,β-unsaturated/α-hetero) is 1. The Kier molecular flexibility index (Phi) is 4.63. The van der Waals surface area contributed by atoms with Crippen molar-refractivity contribution >= 4 is 5.78 Å². The Morgan fingerprint density at radius 3 is 2.33 bits per heavy atom. The molecule has 3 nitrogen and oxygen atoms in total. The standard InChI is InChI=1S/C18H20O3/c1-12-5-6-14(9-13(12)2)10-17(19)16-8-7-15(20-3)11-18(16)21-4/h5-9,11H,10H2,1-4H3. The summed E-state index contributed by atoms with van der Waals surface area (Å²) in [5.74, 6) is 1.26. The van der Waals surface area contributed by atoms with E-state index in [1.165, 1.54) is 11.1 Å². The molecular weight excluding hydrogens is 264 g/mol. The molecule has 0 heterocycles. The third-order valence-electron chi connectivity index (χ3n) is 3.65. The first kappa shape index (κ1) is 15.1. The number of methoxy groups -OCH3 is 2. The van der Waals surface area contributed by atoms with Crippen LogP contribution < -0.4 is 9.47 Å². The minimum atomic E-state index is 0.0396. The van der Waals surface area contributed by atoms with E-state index in [0.29, 0.717) is 23.5 Å². The van der Waals surface area contributed by atoms with E-state index in [4.69, 9.17) is 9.47 Å². The molecule has 0 fully saturated rings. The van der Waals surface area contributed by atoms with Gasteiger partial charge in [0.05, 0.1) is 19.8 Å². The number of aryl methyl sites for hydroxylation is 2. The fraction of sp³-hybridized carbons (Fsp3) is 0.278. The lowest BCUT2D eigenvalue weighted by atomic mass is 9.99. The highest BCUT2D eigenvalue weighted by Gasteiger charge is 2.14. The molecule has 0 saturated carbocycles. The maximum atomic E-state index is 12.5. The number of ketones is 1. The highest BCUT2D eigenvalue weighted by Crippen LogP contribution is 2.26. The van der Waals surface area contributed by atoms with Crippen LogP contribution in [-0.2, 0) is 6.42 Å². The van der Waals surface area contributed by atoms with Crippen LogP contribution in [0.25, 0.3) is 0 Å². The molecule has 110 valence electrons. The second-order valence-electron chi connectivity index (χ2n) is 5.08. The summed E-state index contributed by atoms with van der Waals surface area (Å²) in [4.78, 5) is 12.5. The second-order valence-corrected chi connectivity index (χ2v) is 5.08. The van der Waals surface area contributed by atoms with Crippen molar-refractivity contribution in [3.63, 3.8) is 0 Å². The number of carbonyl (C=O) groups is 1. The molecule has 0 N–H and O–H groups in total. The van der Waals surface area contributed by atoms with Crippen molar-refractivity contribution < 1.29 is 14.3 Å². The highest BCUT2D eigenvalue weighted by molar-refractivity contribution is 6.00. The van der Waals surface area contributed by atoms with Crippen LogP contribution in [0.4, 0.5) is 0 Å². The summed E-state index contributed by atoms with van der Waals surface area (Å²) in [5.41, 5.74) is 4.02. The SMILES string of the molecule is COc1ccc(C(=O)Cc2ccc(C)c(C)c2)c(OC)c1. The third kappa shape index (κ3) is 3.43. The van der Waals surface area contributed by atoms with E-state index in [0.717, 1.165) is 5.56 Å². The number of ether oxygens (including phenoxy) is 2. The fourth-order valence-corrected chi connectivity index (χ4v) is 2.22. The van der Waals surface area contributed by atoms with Crippen LogP contribution in [0.15, 0.2) is 36.4 Å². The van der Waals surface area contributed by atoms with Crippen molar-refractivity contribution in [3.8, 4) is 11.5 Å². The van der Waals surface area contributed by atoms with Crippen molar-refractivity contribution in [1.82, 2.24) is 0 Å². The van der Waals surface area contributed by atoms with Gasteiger partial charge in [0.25, 0.3) is 0 Å². The van der Waals surface area contributed by atoms with Gasteiger partial charge in [-0.1, -0.05) is 18.2 Å². The van der Waals surface area contributed by atoms with E-state index in [9.17, 15) is 4.79 Å². The van der Waals surface area contributed by atoms with Crippen LogP contribution in [0.1, 0.15) is 27.0 Å². The van der Waals surface area contributed by atoms with E-state index < -0.39 is 0 Å². The minimum absolute atomic E-state index is 0.0396. The van der Waals surface area contributed by atoms with Crippen molar-refractivity contribution in [2.24, 2.45) is 0 Å². The molecule has 2 aromatic rings. The quantitative estimate of drug-likeness (QED) is 0.784. The number of hydrogen-bond acceptors (Lipinski definition) is 3. The normalized spacial score (nSPS) is 10.3. The van der Waals surface area contributed by atoms with Gasteiger partial charge in [-0.2, -0.15) is 0 Å². The second kappa shape index (κ2) is 6.44. The van der Waals surface area contributed by atoms with E-state index in [1.807, 2.05) is 12.1 Å². The molecule has 0 aliphatic carbocycles. The van der Waals surface area contributed by atoms with Crippen molar-refractivity contribution in [2.75, 3.05) is 14.2 Å². The van der Waals surface area contributed by atoms with Gasteiger partial charge in [-0.05, 0) is 42.7 Å². The highest BCUT2D eigenvalue weighted by atomic mass is 16.5. The summed E-state index contributed by atoms with van der Waals surface area (Å²) >= 11 is 0. The number of rotatable bonds is 5. The predicted octanol–water partition coefficient (Wildman–Crippen LogP) is 3.75. The molecule has 0 unspecified atom stereocenters. The number of benzene rings is 2. The lowest BCUT2D eigenvalue weighted by Crippen LogP contribution is -2.06. The molecule has 0 saturated heterocycles. The van der Waals surface area contributed by atoms with Gasteiger partial charge in [0.1, 0.15) is 11.5 Å². The molecule has 21 heavy (non-hydrogen) atoms. The van der Waals surface area contributed by atoms with Crippen LogP contribution in [0.3, 0.4) is 0 Å². The van der Waals surface area contributed by atoms with Gasteiger partial charge >= 0.3 is 0 Å². The van der Waals surface area contributed by atoms with E-state index >= 15 is 0 Å². The van der Waals surface area contributed by atoms with Crippen LogP contribution in [-0.4, -0.2) is 20.0 Å². The lowest BCUT2D eigenvalue weighted by Gasteiger charge is -2.10. The van der Waals surface area contributed by atoms with Crippen molar-refractivity contribution in [2.45, 2.75) is 20.3 Å². The van der Waals surface area contributed by atoms with E-state index in [2.05, 4.69) is 19.9 Å². The number of hydrogen-bond donors (Lipinski definition) is 0. The molecule has 2 rings (SSSR count). The van der Waals surface area contributed by atoms with Gasteiger partial charge in [-0.25, -0.2) is 0 Å². The molecule has 0 spiro atoms. The Balaban J connectivity index is 2.25. The molecule has 0 aromatic heterocycles. The molecule has 0 bridgehead atoms. The van der Waals surface area contributed by atoms with Gasteiger partial charge in [-0.3, -0.25) is 4.79 Å². The Morgan fingerprint density at radius 2 is 1.71 bits per heavy atom. The van der Waals surface area contributed by atoms with E-state index in [-0.39, 0.29) is 5.78 Å². The largest absolute Gasteiger partial charge is 0.497 e. The summed E-state index contributed by atoms with van der Waals surface area (Å²) in [6.45, 7) is 4.12. The fourth-order valence-electron chi connectivity index (χ4n) is 2.22. The Bertz CT molecular complexity index is 660. The molecule has 0 radical (unpaired) electrons. The molecule has 0 aliphatic heterocycles. The topological polar surface area (TPSA) is 35.5 Å². The maximum Gasteiger partial charge on any atom is 0.170 e. The summed E-state index contributed by atoms with van der Waals surface area (Å²) in [6.07, 6.45) is 0.365. The van der Waals surface area contributed by atoms with Crippen molar-refractivity contribution in [3.05, 3.63) is 58.7 Å². The maximum absolute atomic E-state index is 12.5. The van der Waals surface area contributed by atoms with Gasteiger partial charge in [0.15, 0.2) is 5.78 Å². The predicted molar refractivity (Wildman–Crippen MR) is 83.5 cm³/mol. The Hall–Kier alpha value is -2.29. The zero-order valence-electron chi connectivity index (χ0n) is 12.9. The van der Waals surface area contributed by atoms with Crippen molar-refractivity contribution in [1.29, 1.82) is 0 Å². The first-order chi connectivity index (χ1) is 10.0. The molecule has 0 aliphatic rings.